The minimum atomic E-state index is -1.15. The summed E-state index contributed by atoms with van der Waals surface area (Å²) in [5.74, 6) is -0.213. The van der Waals surface area contributed by atoms with Gasteiger partial charge in [0.1, 0.15) is 23.9 Å². The Balaban J connectivity index is 1.33. The van der Waals surface area contributed by atoms with Gasteiger partial charge >= 0.3 is 0 Å². The number of aryl methyl sites for hydroxylation is 1. The number of halogens is 1. The zero-order valence-electron chi connectivity index (χ0n) is 22.3. The molecule has 3 aromatic heterocycles. The predicted octanol–water partition coefficient (Wildman–Crippen LogP) is 6.11. The van der Waals surface area contributed by atoms with Crippen LogP contribution in [0.4, 0.5) is 4.39 Å². The highest BCUT2D eigenvalue weighted by atomic mass is 28.3. The number of nitrogens with one attached hydrogen (secondary N) is 1. The van der Waals surface area contributed by atoms with Crippen LogP contribution >= 0.6 is 0 Å². The van der Waals surface area contributed by atoms with E-state index < -0.39 is 14.1 Å². The number of hydrogen-bond donors (Lipinski definition) is 1. The van der Waals surface area contributed by atoms with E-state index in [9.17, 15) is 9.18 Å². The first kappa shape index (κ1) is 26.1. The van der Waals surface area contributed by atoms with Crippen LogP contribution < -0.4 is 10.1 Å². The number of carbonyl (C=O) groups is 1. The third-order valence-corrected chi connectivity index (χ3v) is 8.51. The van der Waals surface area contributed by atoms with Gasteiger partial charge in [-0.15, -0.1) is 0 Å². The lowest BCUT2D eigenvalue weighted by molar-refractivity contribution is 0.0898. The molecule has 4 aromatic rings. The number of amides is 1. The topological polar surface area (TPSA) is 78.3 Å². The number of aromatic nitrogens is 3. The summed E-state index contributed by atoms with van der Waals surface area (Å²) in [6, 6.07) is 10.9. The molecule has 38 heavy (non-hydrogen) atoms. The van der Waals surface area contributed by atoms with Crippen LogP contribution in [-0.2, 0) is 11.5 Å². The quantitative estimate of drug-likeness (QED) is 0.219. The third-order valence-electron chi connectivity index (χ3n) is 6.81. The molecule has 0 fully saturated rings. The molecule has 0 bridgehead atoms. The molecular formula is C29H33FN4O3Si. The van der Waals surface area contributed by atoms with E-state index in [1.54, 1.807) is 30.6 Å². The highest BCUT2D eigenvalue weighted by Gasteiger charge is 2.27. The van der Waals surface area contributed by atoms with E-state index >= 15 is 0 Å². The van der Waals surface area contributed by atoms with Gasteiger partial charge < -0.3 is 19.4 Å². The van der Waals surface area contributed by atoms with E-state index in [1.807, 2.05) is 16.7 Å². The van der Waals surface area contributed by atoms with Gasteiger partial charge in [-0.1, -0.05) is 25.7 Å². The maximum Gasteiger partial charge on any atom is 0.253 e. The van der Waals surface area contributed by atoms with Crippen LogP contribution in [-0.4, -0.2) is 41.7 Å². The molecule has 1 unspecified atom stereocenters. The molecule has 1 aliphatic heterocycles. The second kappa shape index (κ2) is 10.7. The van der Waals surface area contributed by atoms with Crippen LogP contribution in [0.2, 0.25) is 25.7 Å². The molecule has 5 rings (SSSR count). The molecule has 0 radical (unpaired) electrons. The fourth-order valence-corrected chi connectivity index (χ4v) is 5.51. The highest BCUT2D eigenvalue weighted by Crippen LogP contribution is 2.34. The van der Waals surface area contributed by atoms with Crippen LogP contribution in [0.3, 0.4) is 0 Å². The Morgan fingerprint density at radius 1 is 1.21 bits per heavy atom. The molecule has 0 spiro atoms. The first-order chi connectivity index (χ1) is 18.2. The molecule has 0 saturated heterocycles. The largest absolute Gasteiger partial charge is 0.493 e. The number of nitrogens with zero attached hydrogens (tertiary/aromatic N) is 3. The van der Waals surface area contributed by atoms with E-state index in [0.717, 1.165) is 40.5 Å². The molecule has 198 valence electrons. The van der Waals surface area contributed by atoms with Crippen molar-refractivity contribution in [2.75, 3.05) is 13.2 Å². The standard InChI is InChI=1S/C29H33FN4O3Si/c1-19-17-34(18-36-14-15-38(2,3)4)28-26(19)21(10-12-31-28)23-9-8-20(16-32-23)29(35)33-24-11-13-37-25-7-5-6-22(30)27(24)25/h5-10,12,16-17,24H,11,13-15,18H2,1-4H3,(H,33,35). The van der Waals surface area contributed by atoms with Crippen LogP contribution in [0.25, 0.3) is 22.3 Å². The van der Waals surface area contributed by atoms with E-state index in [4.69, 9.17) is 9.47 Å². The molecule has 1 aromatic carbocycles. The monoisotopic (exact) mass is 532 g/mol. The van der Waals surface area contributed by atoms with Crippen molar-refractivity contribution in [2.24, 2.45) is 0 Å². The van der Waals surface area contributed by atoms with Gasteiger partial charge in [0.15, 0.2) is 0 Å². The summed E-state index contributed by atoms with van der Waals surface area (Å²) in [5.41, 5.74) is 4.42. The zero-order chi connectivity index (χ0) is 26.9. The van der Waals surface area contributed by atoms with Gasteiger partial charge in [0, 0.05) is 50.6 Å². The molecule has 4 heterocycles. The smallest absolute Gasteiger partial charge is 0.253 e. The average Bonchev–Trinajstić information content (AvgIpc) is 3.22. The minimum Gasteiger partial charge on any atom is -0.493 e. The minimum absolute atomic E-state index is 0.303. The van der Waals surface area contributed by atoms with E-state index in [0.29, 0.717) is 36.6 Å². The lowest BCUT2D eigenvalue weighted by Crippen LogP contribution is -2.32. The van der Waals surface area contributed by atoms with Crippen molar-refractivity contribution in [3.8, 4) is 17.0 Å². The lowest BCUT2D eigenvalue weighted by Gasteiger charge is -2.27. The van der Waals surface area contributed by atoms with Gasteiger partial charge in [-0.05, 0) is 48.9 Å². The molecule has 1 atom stereocenters. The molecule has 7 nitrogen and oxygen atoms in total. The number of hydrogen-bond acceptors (Lipinski definition) is 5. The Labute approximate surface area is 223 Å². The summed E-state index contributed by atoms with van der Waals surface area (Å²) in [4.78, 5) is 22.2. The fourth-order valence-electron chi connectivity index (χ4n) is 4.76. The predicted molar refractivity (Wildman–Crippen MR) is 149 cm³/mol. The van der Waals surface area contributed by atoms with Crippen LogP contribution in [0.15, 0.2) is 55.0 Å². The Kier molecular flexibility index (Phi) is 7.31. The van der Waals surface area contributed by atoms with Crippen molar-refractivity contribution >= 4 is 25.0 Å². The Morgan fingerprint density at radius 3 is 2.82 bits per heavy atom. The molecule has 0 aliphatic carbocycles. The van der Waals surface area contributed by atoms with Crippen molar-refractivity contribution in [2.45, 2.75) is 51.8 Å². The third kappa shape index (κ3) is 5.49. The molecule has 9 heteroatoms. The number of rotatable bonds is 8. The van der Waals surface area contributed by atoms with E-state index in [2.05, 4.69) is 48.0 Å². The SMILES string of the molecule is Cc1cn(COCC[Si](C)(C)C)c2nccc(-c3ccc(C(=O)NC4CCOc5cccc(F)c54)cn3)c12. The fraction of sp³-hybridized carbons (Fsp3) is 0.345. The second-order valence-corrected chi connectivity index (χ2v) is 16.6. The van der Waals surface area contributed by atoms with Crippen LogP contribution in [0, 0.1) is 12.7 Å². The Bertz CT molecular complexity index is 1460. The van der Waals surface area contributed by atoms with Crippen molar-refractivity contribution < 1.29 is 18.7 Å². The Morgan fingerprint density at radius 2 is 2.05 bits per heavy atom. The summed E-state index contributed by atoms with van der Waals surface area (Å²) in [6.45, 7) is 10.7. The summed E-state index contributed by atoms with van der Waals surface area (Å²) >= 11 is 0. The number of pyridine rings is 2. The zero-order valence-corrected chi connectivity index (χ0v) is 23.3. The van der Waals surface area contributed by atoms with Gasteiger partial charge in [-0.25, -0.2) is 9.37 Å². The number of benzene rings is 1. The summed E-state index contributed by atoms with van der Waals surface area (Å²) in [6.07, 6.45) is 5.89. The molecule has 1 N–H and O–H groups in total. The second-order valence-electron chi connectivity index (χ2n) is 10.9. The first-order valence-corrected chi connectivity index (χ1v) is 16.6. The van der Waals surface area contributed by atoms with Gasteiger partial charge in [-0.2, -0.15) is 0 Å². The molecule has 1 amide bonds. The van der Waals surface area contributed by atoms with Crippen LogP contribution in [0.5, 0.6) is 5.75 Å². The van der Waals surface area contributed by atoms with Crippen molar-refractivity contribution in [1.29, 1.82) is 0 Å². The highest BCUT2D eigenvalue weighted by molar-refractivity contribution is 6.76. The normalized spacial score (nSPS) is 15.2. The number of carbonyl (C=O) groups excluding carboxylic acids is 1. The summed E-state index contributed by atoms with van der Waals surface area (Å²) in [5, 5.41) is 3.96. The van der Waals surface area contributed by atoms with E-state index in [1.165, 1.54) is 6.07 Å². The average molecular weight is 533 g/mol. The molecule has 0 saturated carbocycles. The lowest BCUT2D eigenvalue weighted by atomic mass is 9.99. The Hall–Kier alpha value is -3.56. The van der Waals surface area contributed by atoms with Gasteiger partial charge in [0.25, 0.3) is 5.91 Å². The number of ether oxygens (including phenoxy) is 2. The van der Waals surface area contributed by atoms with Crippen molar-refractivity contribution in [3.63, 3.8) is 0 Å². The van der Waals surface area contributed by atoms with Gasteiger partial charge in [-0.3, -0.25) is 9.78 Å². The van der Waals surface area contributed by atoms with Gasteiger partial charge in [0.2, 0.25) is 0 Å². The summed E-state index contributed by atoms with van der Waals surface area (Å²) < 4.78 is 28.0. The number of fused-ring (bicyclic) bond motifs is 2. The van der Waals surface area contributed by atoms with E-state index in [-0.39, 0.29) is 11.7 Å². The maximum atomic E-state index is 14.5. The van der Waals surface area contributed by atoms with Crippen molar-refractivity contribution in [1.82, 2.24) is 19.9 Å². The first-order valence-electron chi connectivity index (χ1n) is 12.9. The van der Waals surface area contributed by atoms with Gasteiger partial charge in [0.05, 0.1) is 29.5 Å². The maximum absolute atomic E-state index is 14.5. The molecule has 1 aliphatic rings. The van der Waals surface area contributed by atoms with Crippen molar-refractivity contribution in [3.05, 3.63) is 77.5 Å². The van der Waals surface area contributed by atoms with Crippen LogP contribution in [0.1, 0.15) is 33.9 Å². The molecular weight excluding hydrogens is 499 g/mol. The summed E-state index contributed by atoms with van der Waals surface area (Å²) in [7, 11) is -1.15.